The summed E-state index contributed by atoms with van der Waals surface area (Å²) in [6.07, 6.45) is 14.2. The molecule has 1 aromatic carbocycles. The average molecular weight is 412 g/mol. The van der Waals surface area contributed by atoms with Crippen molar-refractivity contribution in [2.75, 3.05) is 19.6 Å². The fourth-order valence-corrected chi connectivity index (χ4v) is 4.04. The number of rotatable bonds is 3. The van der Waals surface area contributed by atoms with E-state index in [2.05, 4.69) is 27.9 Å². The highest BCUT2D eigenvalue weighted by molar-refractivity contribution is 6.03. The molecule has 6 heteroatoms. The van der Waals surface area contributed by atoms with Crippen molar-refractivity contribution in [2.24, 2.45) is 4.99 Å². The zero-order valence-corrected chi connectivity index (χ0v) is 17.7. The maximum absolute atomic E-state index is 13.2. The molecule has 3 aliphatic heterocycles. The van der Waals surface area contributed by atoms with Crippen LogP contribution >= 0.6 is 0 Å². The van der Waals surface area contributed by atoms with E-state index in [4.69, 9.17) is 4.42 Å². The molecular formula is C25H24N4O2. The Morgan fingerprint density at radius 1 is 1.26 bits per heavy atom. The first-order valence-corrected chi connectivity index (χ1v) is 10.6. The number of likely N-dealkylation sites (N-methyl/N-ethyl adjacent to an activating group) is 1. The number of hydrogen-bond donors (Lipinski definition) is 0. The molecule has 4 heterocycles. The molecule has 6 nitrogen and oxygen atoms in total. The summed E-state index contributed by atoms with van der Waals surface area (Å²) in [5, 5.41) is 0. The Kier molecular flexibility index (Phi) is 5.00. The van der Waals surface area contributed by atoms with Crippen molar-refractivity contribution in [2.45, 2.75) is 20.3 Å². The van der Waals surface area contributed by atoms with Gasteiger partial charge in [-0.25, -0.2) is 4.98 Å². The molecule has 0 aliphatic carbocycles. The van der Waals surface area contributed by atoms with Crippen molar-refractivity contribution < 1.29 is 9.21 Å². The standard InChI is InChI=1S/C25H24N4O2/c1-3-28-11-9-18(10-12-28)23-16-29-21(15-26-23)6-4-5-19(14-25(29)30)20-7-8-22-24(13-20)31-17(2)27-22/h4-9,13-16H,3,10-12H2,1-2H3/b5-4+,19-14+,21-6+. The summed E-state index contributed by atoms with van der Waals surface area (Å²) in [6, 6.07) is 5.81. The molecule has 2 aromatic rings. The zero-order chi connectivity index (χ0) is 21.4. The van der Waals surface area contributed by atoms with Crippen LogP contribution in [0.2, 0.25) is 0 Å². The Hall–Kier alpha value is -3.51. The second kappa shape index (κ2) is 7.96. The molecule has 1 amide bonds. The molecule has 156 valence electrons. The first kappa shape index (κ1) is 19.5. The quantitative estimate of drug-likeness (QED) is 0.751. The van der Waals surface area contributed by atoms with Gasteiger partial charge in [-0.1, -0.05) is 31.2 Å². The Balaban J connectivity index is 1.46. The van der Waals surface area contributed by atoms with E-state index in [1.54, 1.807) is 17.2 Å². The van der Waals surface area contributed by atoms with Gasteiger partial charge >= 0.3 is 0 Å². The van der Waals surface area contributed by atoms with Crippen molar-refractivity contribution >= 4 is 28.8 Å². The maximum atomic E-state index is 13.2. The number of aromatic nitrogens is 1. The molecule has 1 aromatic heterocycles. The molecule has 3 aliphatic rings. The predicted octanol–water partition coefficient (Wildman–Crippen LogP) is 4.38. The van der Waals surface area contributed by atoms with Crippen molar-refractivity contribution in [3.63, 3.8) is 0 Å². The van der Waals surface area contributed by atoms with Gasteiger partial charge in [0.05, 0.1) is 17.6 Å². The number of aliphatic imine (C=N–C) groups is 1. The summed E-state index contributed by atoms with van der Waals surface area (Å²) in [5.74, 6) is 0.525. The van der Waals surface area contributed by atoms with Crippen LogP contribution in [0.1, 0.15) is 24.8 Å². The SMILES string of the molecule is CCN1CC=C(C2=CN3C(=O)\C=C(c4ccc5nc(C)oc5c4)/C=C/C=C/3C=N2)CC1. The molecule has 0 bridgehead atoms. The van der Waals surface area contributed by atoms with E-state index < -0.39 is 0 Å². The van der Waals surface area contributed by atoms with Crippen molar-refractivity contribution in [3.8, 4) is 0 Å². The minimum absolute atomic E-state index is 0.102. The van der Waals surface area contributed by atoms with Crippen molar-refractivity contribution in [3.05, 3.63) is 83.2 Å². The lowest BCUT2D eigenvalue weighted by Gasteiger charge is -2.28. The normalized spacial score (nSPS) is 23.8. The largest absolute Gasteiger partial charge is 0.441 e. The molecule has 0 spiro atoms. The van der Waals surface area contributed by atoms with Gasteiger partial charge in [0.25, 0.3) is 5.91 Å². The Bertz CT molecular complexity index is 1240. The van der Waals surface area contributed by atoms with Gasteiger partial charge in [0.15, 0.2) is 11.5 Å². The third kappa shape index (κ3) is 3.82. The molecule has 0 saturated heterocycles. The number of carbonyl (C=O) groups is 1. The number of amides is 1. The third-order valence-corrected chi connectivity index (χ3v) is 5.82. The Labute approximate surface area is 181 Å². The number of fused-ring (bicyclic) bond motifs is 2. The van der Waals surface area contributed by atoms with Crippen LogP contribution in [0.3, 0.4) is 0 Å². The van der Waals surface area contributed by atoms with Gasteiger partial charge in [0.1, 0.15) is 5.52 Å². The van der Waals surface area contributed by atoms with E-state index in [0.717, 1.165) is 54.1 Å². The van der Waals surface area contributed by atoms with Crippen LogP contribution < -0.4 is 0 Å². The van der Waals surface area contributed by atoms with E-state index in [-0.39, 0.29) is 5.91 Å². The first-order chi connectivity index (χ1) is 15.1. The summed E-state index contributed by atoms with van der Waals surface area (Å²) in [7, 11) is 0. The highest BCUT2D eigenvalue weighted by Crippen LogP contribution is 2.28. The first-order valence-electron chi connectivity index (χ1n) is 10.6. The van der Waals surface area contributed by atoms with Crippen LogP contribution in [0.25, 0.3) is 16.7 Å². The van der Waals surface area contributed by atoms with Gasteiger partial charge in [-0.2, -0.15) is 0 Å². The van der Waals surface area contributed by atoms with Crippen molar-refractivity contribution in [1.82, 2.24) is 14.8 Å². The number of hydrogen-bond acceptors (Lipinski definition) is 5. The number of oxazole rings is 1. The second-order valence-electron chi connectivity index (χ2n) is 7.82. The van der Waals surface area contributed by atoms with Gasteiger partial charge in [0, 0.05) is 32.3 Å². The van der Waals surface area contributed by atoms with Gasteiger partial charge in [-0.15, -0.1) is 0 Å². The van der Waals surface area contributed by atoms with E-state index in [1.165, 1.54) is 5.57 Å². The minimum atomic E-state index is -0.102. The van der Waals surface area contributed by atoms with Crippen LogP contribution in [-0.2, 0) is 4.79 Å². The van der Waals surface area contributed by atoms with Gasteiger partial charge in [-0.05, 0) is 47.9 Å². The summed E-state index contributed by atoms with van der Waals surface area (Å²) in [5.41, 5.74) is 6.08. The van der Waals surface area contributed by atoms with Crippen molar-refractivity contribution in [1.29, 1.82) is 0 Å². The Morgan fingerprint density at radius 3 is 2.97 bits per heavy atom. The molecule has 31 heavy (non-hydrogen) atoms. The molecule has 0 atom stereocenters. The highest BCUT2D eigenvalue weighted by atomic mass is 16.3. The smallest absolute Gasteiger partial charge is 0.255 e. The minimum Gasteiger partial charge on any atom is -0.441 e. The lowest BCUT2D eigenvalue weighted by Crippen LogP contribution is -2.30. The second-order valence-corrected chi connectivity index (χ2v) is 7.82. The molecule has 0 fully saturated rings. The van der Waals surface area contributed by atoms with E-state index in [0.29, 0.717) is 11.5 Å². The molecule has 0 saturated carbocycles. The summed E-state index contributed by atoms with van der Waals surface area (Å²) in [4.78, 5) is 26.2. The fraction of sp³-hybridized carbons (Fsp3) is 0.240. The number of nitrogens with zero attached hydrogens (tertiary/aromatic N) is 4. The van der Waals surface area contributed by atoms with Crippen LogP contribution in [0.4, 0.5) is 0 Å². The molecule has 5 rings (SSSR count). The lowest BCUT2D eigenvalue weighted by atomic mass is 10.0. The van der Waals surface area contributed by atoms with Crippen LogP contribution in [-0.4, -0.2) is 46.5 Å². The number of carbonyl (C=O) groups excluding carboxylic acids is 1. The Morgan fingerprint density at radius 2 is 2.16 bits per heavy atom. The topological polar surface area (TPSA) is 61.9 Å². The molecule has 0 unspecified atom stereocenters. The number of benzene rings is 1. The van der Waals surface area contributed by atoms with Gasteiger partial charge in [0.2, 0.25) is 0 Å². The van der Waals surface area contributed by atoms with Crippen LogP contribution in [0, 0.1) is 6.92 Å². The van der Waals surface area contributed by atoms with Crippen LogP contribution in [0.5, 0.6) is 0 Å². The maximum Gasteiger partial charge on any atom is 0.255 e. The monoisotopic (exact) mass is 412 g/mol. The number of aryl methyl sites for hydroxylation is 1. The van der Waals surface area contributed by atoms with E-state index in [9.17, 15) is 4.79 Å². The average Bonchev–Trinajstić information content (AvgIpc) is 3.16. The molecular weight excluding hydrogens is 388 g/mol. The molecule has 0 radical (unpaired) electrons. The van der Waals surface area contributed by atoms with E-state index in [1.807, 2.05) is 49.6 Å². The van der Waals surface area contributed by atoms with E-state index >= 15 is 0 Å². The highest BCUT2D eigenvalue weighted by Gasteiger charge is 2.22. The third-order valence-electron chi connectivity index (χ3n) is 5.82. The van der Waals surface area contributed by atoms with Crippen LogP contribution in [0.15, 0.2) is 81.2 Å². The zero-order valence-electron chi connectivity index (χ0n) is 17.7. The summed E-state index contributed by atoms with van der Waals surface area (Å²) in [6.45, 7) is 6.98. The predicted molar refractivity (Wildman–Crippen MR) is 122 cm³/mol. The van der Waals surface area contributed by atoms with Gasteiger partial charge < -0.3 is 4.42 Å². The fourth-order valence-electron chi connectivity index (χ4n) is 4.04. The molecule has 0 N–H and O–H groups in total. The summed E-state index contributed by atoms with van der Waals surface area (Å²) >= 11 is 0. The lowest BCUT2D eigenvalue weighted by molar-refractivity contribution is -0.121. The summed E-state index contributed by atoms with van der Waals surface area (Å²) < 4.78 is 5.66. The number of allylic oxidation sites excluding steroid dienone is 6. The van der Waals surface area contributed by atoms with Gasteiger partial charge in [-0.3, -0.25) is 19.6 Å².